The molecule has 0 saturated heterocycles. The minimum absolute atomic E-state index is 0.576. The summed E-state index contributed by atoms with van der Waals surface area (Å²) in [5.74, 6) is -0.383. The Morgan fingerprint density at radius 2 is 1.53 bits per heavy atom. The zero-order chi connectivity index (χ0) is 14.1. The molecule has 0 amide bonds. The highest BCUT2D eigenvalue weighted by molar-refractivity contribution is 6.30. The van der Waals surface area contributed by atoms with E-state index in [1.165, 1.54) is 6.92 Å². The molecule has 0 saturated carbocycles. The van der Waals surface area contributed by atoms with Crippen molar-refractivity contribution >= 4 is 17.6 Å². The number of ether oxygens (including phenoxy) is 1. The summed E-state index contributed by atoms with van der Waals surface area (Å²) >= 11 is 5.54. The van der Waals surface area contributed by atoms with Crippen LogP contribution >= 0.6 is 11.6 Å². The summed E-state index contributed by atoms with van der Waals surface area (Å²) < 4.78 is 5.08. The highest BCUT2D eigenvalue weighted by Crippen LogP contribution is 2.10. The molecule has 0 aliphatic heterocycles. The van der Waals surface area contributed by atoms with Crippen LogP contribution in [0.2, 0.25) is 5.02 Å². The molecule has 0 heterocycles. The van der Waals surface area contributed by atoms with Crippen LogP contribution in [0.15, 0.2) is 60.7 Å². The Hall–Kier alpha value is -2.00. The molecule has 0 bridgehead atoms. The third kappa shape index (κ3) is 6.48. The van der Waals surface area contributed by atoms with Gasteiger partial charge in [-0.3, -0.25) is 0 Å². The number of para-hydroxylation sites is 1. The first kappa shape index (κ1) is 15.1. The molecule has 19 heavy (non-hydrogen) atoms. The Labute approximate surface area is 117 Å². The lowest BCUT2D eigenvalue weighted by atomic mass is 10.3. The lowest BCUT2D eigenvalue weighted by Crippen LogP contribution is -2.22. The maximum atomic E-state index is 10.4. The van der Waals surface area contributed by atoms with Gasteiger partial charge in [-0.15, -0.1) is 0 Å². The molecule has 4 heteroatoms. The van der Waals surface area contributed by atoms with Crippen molar-refractivity contribution in [1.29, 1.82) is 0 Å². The molecule has 2 aromatic carbocycles. The molecule has 2 aromatic rings. The van der Waals surface area contributed by atoms with Crippen LogP contribution in [0.1, 0.15) is 6.92 Å². The summed E-state index contributed by atoms with van der Waals surface area (Å²) in [5, 5.41) is 9.31. The molecule has 2 rings (SSSR count). The van der Waals surface area contributed by atoms with E-state index in [1.54, 1.807) is 24.3 Å². The van der Waals surface area contributed by atoms with E-state index in [1.807, 2.05) is 36.4 Å². The standard InChI is InChI=1S/C9H10O3.C6H5Cl/c1-7(9(10)11)12-8-5-3-2-4-6-8;7-6-4-2-1-3-5-6/h2-7H,1H3,(H,10,11);1-5H. The molecule has 0 fully saturated rings. The number of rotatable bonds is 3. The van der Waals surface area contributed by atoms with Crippen LogP contribution in [-0.4, -0.2) is 17.2 Å². The smallest absolute Gasteiger partial charge is 0.344 e. The Morgan fingerprint density at radius 3 is 1.89 bits per heavy atom. The van der Waals surface area contributed by atoms with Gasteiger partial charge in [-0.1, -0.05) is 48.0 Å². The van der Waals surface area contributed by atoms with E-state index in [2.05, 4.69) is 0 Å². The minimum Gasteiger partial charge on any atom is -0.479 e. The number of hydrogen-bond donors (Lipinski definition) is 1. The lowest BCUT2D eigenvalue weighted by Gasteiger charge is -2.09. The Bertz CT molecular complexity index is 485. The van der Waals surface area contributed by atoms with Gasteiger partial charge in [0.1, 0.15) is 5.75 Å². The summed E-state index contributed by atoms with van der Waals surface area (Å²) in [5.41, 5.74) is 0. The molecule has 0 aromatic heterocycles. The zero-order valence-electron chi connectivity index (χ0n) is 10.5. The Morgan fingerprint density at radius 1 is 1.05 bits per heavy atom. The second kappa shape index (κ2) is 8.16. The topological polar surface area (TPSA) is 46.5 Å². The summed E-state index contributed by atoms with van der Waals surface area (Å²) in [7, 11) is 0. The summed E-state index contributed by atoms with van der Waals surface area (Å²) in [6.07, 6.45) is -0.799. The molecule has 3 nitrogen and oxygen atoms in total. The average molecular weight is 279 g/mol. The van der Waals surface area contributed by atoms with E-state index in [0.717, 1.165) is 5.02 Å². The van der Waals surface area contributed by atoms with Crippen molar-refractivity contribution in [2.75, 3.05) is 0 Å². The van der Waals surface area contributed by atoms with Gasteiger partial charge in [0.25, 0.3) is 0 Å². The monoisotopic (exact) mass is 278 g/mol. The van der Waals surface area contributed by atoms with Crippen molar-refractivity contribution < 1.29 is 14.6 Å². The SMILES string of the molecule is CC(Oc1ccccc1)C(=O)O.Clc1ccccc1. The van der Waals surface area contributed by atoms with Crippen LogP contribution < -0.4 is 4.74 Å². The largest absolute Gasteiger partial charge is 0.479 e. The summed E-state index contributed by atoms with van der Waals surface area (Å²) in [6, 6.07) is 18.3. The molecule has 100 valence electrons. The van der Waals surface area contributed by atoms with Gasteiger partial charge in [-0.2, -0.15) is 0 Å². The van der Waals surface area contributed by atoms with Gasteiger partial charge in [0.2, 0.25) is 0 Å². The van der Waals surface area contributed by atoms with Gasteiger partial charge in [0.15, 0.2) is 6.10 Å². The molecule has 0 spiro atoms. The fourth-order valence-electron chi connectivity index (χ4n) is 1.17. The van der Waals surface area contributed by atoms with Gasteiger partial charge in [-0.05, 0) is 31.2 Å². The summed E-state index contributed by atoms with van der Waals surface area (Å²) in [4.78, 5) is 10.4. The number of carbonyl (C=O) groups is 1. The van der Waals surface area contributed by atoms with Crippen LogP contribution in [0.5, 0.6) is 5.75 Å². The number of carboxylic acid groups (broad SMARTS) is 1. The number of benzene rings is 2. The quantitative estimate of drug-likeness (QED) is 0.927. The molecular formula is C15H15ClO3. The highest BCUT2D eigenvalue weighted by atomic mass is 35.5. The second-order valence-corrected chi connectivity index (χ2v) is 4.14. The van der Waals surface area contributed by atoms with E-state index in [0.29, 0.717) is 5.75 Å². The van der Waals surface area contributed by atoms with Gasteiger partial charge in [0, 0.05) is 5.02 Å². The van der Waals surface area contributed by atoms with Crippen LogP contribution in [-0.2, 0) is 4.79 Å². The van der Waals surface area contributed by atoms with Crippen LogP contribution in [0.4, 0.5) is 0 Å². The first-order valence-electron chi connectivity index (χ1n) is 5.74. The lowest BCUT2D eigenvalue weighted by molar-refractivity contribution is -0.144. The fourth-order valence-corrected chi connectivity index (χ4v) is 1.31. The number of aliphatic carboxylic acids is 1. The molecule has 0 aliphatic carbocycles. The van der Waals surface area contributed by atoms with E-state index >= 15 is 0 Å². The maximum Gasteiger partial charge on any atom is 0.344 e. The van der Waals surface area contributed by atoms with Crippen molar-refractivity contribution in [3.63, 3.8) is 0 Å². The molecule has 1 unspecified atom stereocenters. The van der Waals surface area contributed by atoms with Gasteiger partial charge in [-0.25, -0.2) is 4.79 Å². The van der Waals surface area contributed by atoms with Gasteiger partial charge in [0.05, 0.1) is 0 Å². The normalized spacial score (nSPS) is 10.8. The minimum atomic E-state index is -0.959. The molecule has 0 aliphatic rings. The Balaban J connectivity index is 0.000000218. The highest BCUT2D eigenvalue weighted by Gasteiger charge is 2.11. The molecule has 1 atom stereocenters. The van der Waals surface area contributed by atoms with Crippen LogP contribution in [0.25, 0.3) is 0 Å². The van der Waals surface area contributed by atoms with Crippen LogP contribution in [0, 0.1) is 0 Å². The van der Waals surface area contributed by atoms with E-state index in [-0.39, 0.29) is 0 Å². The zero-order valence-corrected chi connectivity index (χ0v) is 11.2. The third-order valence-corrected chi connectivity index (χ3v) is 2.39. The van der Waals surface area contributed by atoms with E-state index in [4.69, 9.17) is 21.4 Å². The predicted molar refractivity (Wildman–Crippen MR) is 75.6 cm³/mol. The number of hydrogen-bond acceptors (Lipinski definition) is 2. The maximum absolute atomic E-state index is 10.4. The predicted octanol–water partition coefficient (Wildman–Crippen LogP) is 3.88. The van der Waals surface area contributed by atoms with Gasteiger partial charge < -0.3 is 9.84 Å². The van der Waals surface area contributed by atoms with E-state index in [9.17, 15) is 4.79 Å². The van der Waals surface area contributed by atoms with Crippen molar-refractivity contribution in [3.8, 4) is 5.75 Å². The number of carboxylic acids is 1. The van der Waals surface area contributed by atoms with Crippen molar-refractivity contribution in [2.24, 2.45) is 0 Å². The first-order valence-corrected chi connectivity index (χ1v) is 6.12. The van der Waals surface area contributed by atoms with Crippen molar-refractivity contribution in [3.05, 3.63) is 65.7 Å². The molecule has 1 N–H and O–H groups in total. The van der Waals surface area contributed by atoms with Crippen molar-refractivity contribution in [1.82, 2.24) is 0 Å². The number of halogens is 1. The van der Waals surface area contributed by atoms with Crippen LogP contribution in [0.3, 0.4) is 0 Å². The molecule has 0 radical (unpaired) electrons. The molecular weight excluding hydrogens is 264 g/mol. The van der Waals surface area contributed by atoms with E-state index < -0.39 is 12.1 Å². The third-order valence-electron chi connectivity index (χ3n) is 2.14. The van der Waals surface area contributed by atoms with Crippen molar-refractivity contribution in [2.45, 2.75) is 13.0 Å². The van der Waals surface area contributed by atoms with Gasteiger partial charge >= 0.3 is 5.97 Å². The first-order chi connectivity index (χ1) is 9.09. The Kier molecular flexibility index (Phi) is 6.47. The fraction of sp³-hybridized carbons (Fsp3) is 0.133. The second-order valence-electron chi connectivity index (χ2n) is 3.71. The summed E-state index contributed by atoms with van der Waals surface area (Å²) in [6.45, 7) is 1.50. The average Bonchev–Trinajstić information content (AvgIpc) is 2.41.